The zero-order valence-corrected chi connectivity index (χ0v) is 11.6. The molecule has 0 aliphatic heterocycles. The summed E-state index contributed by atoms with van der Waals surface area (Å²) in [6, 6.07) is 7.09. The van der Waals surface area contributed by atoms with Crippen LogP contribution in [0.4, 0.5) is 10.5 Å². The van der Waals surface area contributed by atoms with Crippen molar-refractivity contribution in [1.82, 2.24) is 4.90 Å². The summed E-state index contributed by atoms with van der Waals surface area (Å²) in [6.07, 6.45) is 3.33. The lowest BCUT2D eigenvalue weighted by Crippen LogP contribution is -2.39. The monoisotopic (exact) mass is 276 g/mol. The molecule has 2 N–H and O–H groups in total. The number of nitrogens with one attached hydrogen (secondary N) is 1. The van der Waals surface area contributed by atoms with Gasteiger partial charge in [-0.05, 0) is 18.1 Å². The number of rotatable bonds is 7. The summed E-state index contributed by atoms with van der Waals surface area (Å²) in [7, 11) is 0. The number of amides is 2. The Bertz CT molecular complexity index is 486. The lowest BCUT2D eigenvalue weighted by Gasteiger charge is -2.20. The van der Waals surface area contributed by atoms with Gasteiger partial charge in [0.15, 0.2) is 0 Å². The topological polar surface area (TPSA) is 69.6 Å². The predicted octanol–water partition coefficient (Wildman–Crippen LogP) is 2.74. The number of carboxylic acid groups (broad SMARTS) is 1. The number of para-hydroxylation sites is 1. The lowest BCUT2D eigenvalue weighted by atomic mass is 10.1. The van der Waals surface area contributed by atoms with E-state index in [0.29, 0.717) is 0 Å². The molecule has 0 saturated heterocycles. The summed E-state index contributed by atoms with van der Waals surface area (Å²) in [6.45, 7) is 5.43. The van der Waals surface area contributed by atoms with Gasteiger partial charge in [0.25, 0.3) is 0 Å². The first-order valence-electron chi connectivity index (χ1n) is 6.55. The molecule has 0 atom stereocenters. The molecule has 1 aromatic rings. The molecule has 0 aliphatic carbocycles. The van der Waals surface area contributed by atoms with Crippen molar-refractivity contribution in [2.24, 2.45) is 0 Å². The lowest BCUT2D eigenvalue weighted by molar-refractivity contribution is -0.137. The Kier molecular flexibility index (Phi) is 6.29. The minimum Gasteiger partial charge on any atom is -0.480 e. The summed E-state index contributed by atoms with van der Waals surface area (Å²) in [5.74, 6) is -1.05. The van der Waals surface area contributed by atoms with Crippen molar-refractivity contribution in [3.63, 3.8) is 0 Å². The Labute approximate surface area is 118 Å². The number of anilines is 1. The van der Waals surface area contributed by atoms with Crippen LogP contribution in [0.2, 0.25) is 0 Å². The normalized spacial score (nSPS) is 9.85. The molecule has 0 aromatic heterocycles. The highest BCUT2D eigenvalue weighted by Gasteiger charge is 2.16. The van der Waals surface area contributed by atoms with E-state index in [-0.39, 0.29) is 13.1 Å². The highest BCUT2D eigenvalue weighted by molar-refractivity contribution is 5.92. The van der Waals surface area contributed by atoms with E-state index in [9.17, 15) is 9.59 Å². The first-order valence-corrected chi connectivity index (χ1v) is 6.55. The number of carboxylic acids is 1. The van der Waals surface area contributed by atoms with E-state index in [1.807, 2.05) is 24.3 Å². The number of hydrogen-bond donors (Lipinski definition) is 2. The van der Waals surface area contributed by atoms with E-state index in [1.165, 1.54) is 11.0 Å². The average Bonchev–Trinajstić information content (AvgIpc) is 2.40. The first kappa shape index (κ1) is 15.8. The molecule has 108 valence electrons. The van der Waals surface area contributed by atoms with Crippen molar-refractivity contribution in [1.29, 1.82) is 0 Å². The molecule has 1 rings (SSSR count). The van der Waals surface area contributed by atoms with Crippen molar-refractivity contribution in [3.05, 3.63) is 42.5 Å². The molecule has 0 bridgehead atoms. The second-order valence-electron chi connectivity index (χ2n) is 4.40. The van der Waals surface area contributed by atoms with E-state index in [2.05, 4.69) is 18.8 Å². The van der Waals surface area contributed by atoms with Crippen LogP contribution in [0.15, 0.2) is 36.9 Å². The fourth-order valence-electron chi connectivity index (χ4n) is 1.86. The van der Waals surface area contributed by atoms with Gasteiger partial charge in [0.2, 0.25) is 0 Å². The minimum atomic E-state index is -1.05. The van der Waals surface area contributed by atoms with Crippen molar-refractivity contribution in [2.45, 2.75) is 19.8 Å². The zero-order chi connectivity index (χ0) is 15.0. The van der Waals surface area contributed by atoms with Crippen LogP contribution in [0.1, 0.15) is 18.9 Å². The summed E-state index contributed by atoms with van der Waals surface area (Å²) < 4.78 is 0. The van der Waals surface area contributed by atoms with Crippen LogP contribution in [0.5, 0.6) is 0 Å². The predicted molar refractivity (Wildman–Crippen MR) is 78.9 cm³/mol. The van der Waals surface area contributed by atoms with Gasteiger partial charge in [-0.15, -0.1) is 6.58 Å². The molecule has 0 spiro atoms. The van der Waals surface area contributed by atoms with Crippen LogP contribution in [-0.2, 0) is 11.2 Å². The van der Waals surface area contributed by atoms with Crippen LogP contribution in [0.3, 0.4) is 0 Å². The second-order valence-corrected chi connectivity index (χ2v) is 4.40. The molecule has 5 heteroatoms. The standard InChI is InChI=1S/C15H20N2O3/c1-3-7-12-8-5-6-9-13(12)16-15(20)17(10-4-2)11-14(18)19/h4-6,8-9H,2-3,7,10-11H2,1H3,(H,16,20)(H,18,19). The number of benzene rings is 1. The maximum Gasteiger partial charge on any atom is 0.323 e. The summed E-state index contributed by atoms with van der Waals surface area (Å²) in [5.41, 5.74) is 1.76. The second kappa shape index (κ2) is 7.99. The molecular formula is C15H20N2O3. The first-order chi connectivity index (χ1) is 9.58. The van der Waals surface area contributed by atoms with Crippen LogP contribution < -0.4 is 5.32 Å². The number of urea groups is 1. The zero-order valence-electron chi connectivity index (χ0n) is 11.6. The van der Waals surface area contributed by atoms with Gasteiger partial charge in [-0.3, -0.25) is 4.79 Å². The number of aryl methyl sites for hydroxylation is 1. The van der Waals surface area contributed by atoms with Gasteiger partial charge in [0.05, 0.1) is 0 Å². The van der Waals surface area contributed by atoms with Gasteiger partial charge >= 0.3 is 12.0 Å². The molecule has 5 nitrogen and oxygen atoms in total. The van der Waals surface area contributed by atoms with Crippen LogP contribution in [-0.4, -0.2) is 35.1 Å². The Morgan fingerprint density at radius 3 is 2.70 bits per heavy atom. The van der Waals surface area contributed by atoms with Gasteiger partial charge in [-0.2, -0.15) is 0 Å². The smallest absolute Gasteiger partial charge is 0.323 e. The van der Waals surface area contributed by atoms with Crippen LogP contribution in [0.25, 0.3) is 0 Å². The van der Waals surface area contributed by atoms with E-state index in [0.717, 1.165) is 24.1 Å². The molecule has 1 aromatic carbocycles. The van der Waals surface area contributed by atoms with E-state index in [4.69, 9.17) is 5.11 Å². The molecule has 0 heterocycles. The molecule has 0 saturated carbocycles. The van der Waals surface area contributed by atoms with Gasteiger partial charge in [0, 0.05) is 12.2 Å². The molecule has 0 radical (unpaired) electrons. The van der Waals surface area contributed by atoms with Crippen molar-refractivity contribution >= 4 is 17.7 Å². The van der Waals surface area contributed by atoms with Gasteiger partial charge in [-0.25, -0.2) is 4.79 Å². The molecule has 0 aliphatic rings. The van der Waals surface area contributed by atoms with Gasteiger partial charge < -0.3 is 15.3 Å². The Morgan fingerprint density at radius 2 is 2.10 bits per heavy atom. The molecule has 0 fully saturated rings. The fourth-order valence-corrected chi connectivity index (χ4v) is 1.86. The Balaban J connectivity index is 2.81. The SMILES string of the molecule is C=CCN(CC(=O)O)C(=O)Nc1ccccc1CCC. The van der Waals surface area contributed by atoms with Crippen LogP contribution >= 0.6 is 0 Å². The summed E-state index contributed by atoms with van der Waals surface area (Å²) >= 11 is 0. The minimum absolute atomic E-state index is 0.189. The number of carbonyl (C=O) groups is 2. The third kappa shape index (κ3) is 4.76. The average molecular weight is 276 g/mol. The maximum atomic E-state index is 12.1. The van der Waals surface area contributed by atoms with Gasteiger partial charge in [-0.1, -0.05) is 37.6 Å². The Morgan fingerprint density at radius 1 is 1.40 bits per heavy atom. The maximum absolute atomic E-state index is 12.1. The quantitative estimate of drug-likeness (QED) is 0.752. The third-order valence-electron chi connectivity index (χ3n) is 2.74. The molecule has 2 amide bonds. The number of aliphatic carboxylic acids is 1. The molecular weight excluding hydrogens is 256 g/mol. The number of hydrogen-bond acceptors (Lipinski definition) is 2. The van der Waals surface area contributed by atoms with E-state index < -0.39 is 12.0 Å². The molecule has 20 heavy (non-hydrogen) atoms. The van der Waals surface area contributed by atoms with Crippen molar-refractivity contribution in [3.8, 4) is 0 Å². The van der Waals surface area contributed by atoms with Gasteiger partial charge in [0.1, 0.15) is 6.54 Å². The summed E-state index contributed by atoms with van der Waals surface area (Å²) in [5, 5.41) is 11.6. The summed E-state index contributed by atoms with van der Waals surface area (Å²) in [4.78, 5) is 24.0. The largest absolute Gasteiger partial charge is 0.480 e. The Hall–Kier alpha value is -2.30. The highest BCUT2D eigenvalue weighted by Crippen LogP contribution is 2.17. The van der Waals surface area contributed by atoms with E-state index in [1.54, 1.807) is 0 Å². The van der Waals surface area contributed by atoms with E-state index >= 15 is 0 Å². The third-order valence-corrected chi connectivity index (χ3v) is 2.74. The highest BCUT2D eigenvalue weighted by atomic mass is 16.4. The van der Waals surface area contributed by atoms with Crippen molar-refractivity contribution < 1.29 is 14.7 Å². The van der Waals surface area contributed by atoms with Crippen LogP contribution in [0, 0.1) is 0 Å². The molecule has 0 unspecified atom stereocenters. The number of carbonyl (C=O) groups excluding carboxylic acids is 1. The fraction of sp³-hybridized carbons (Fsp3) is 0.333. The van der Waals surface area contributed by atoms with Crippen molar-refractivity contribution in [2.75, 3.05) is 18.4 Å². The number of nitrogens with zero attached hydrogens (tertiary/aromatic N) is 1.